The van der Waals surface area contributed by atoms with Gasteiger partial charge in [-0.05, 0) is 36.4 Å². The molecule has 4 rings (SSSR count). The van der Waals surface area contributed by atoms with E-state index in [-0.39, 0.29) is 0 Å². The highest BCUT2D eigenvalue weighted by Crippen LogP contribution is 2.20. The summed E-state index contributed by atoms with van der Waals surface area (Å²) in [6, 6.07) is 23.9. The molecule has 0 unspecified atom stereocenters. The van der Waals surface area contributed by atoms with E-state index in [1.165, 1.54) is 0 Å². The van der Waals surface area contributed by atoms with E-state index in [0.717, 1.165) is 21.8 Å². The van der Waals surface area contributed by atoms with Crippen molar-refractivity contribution in [3.05, 3.63) is 72.8 Å². The Labute approximate surface area is 122 Å². The Hall–Kier alpha value is -2.94. The van der Waals surface area contributed by atoms with Crippen LogP contribution in [0.3, 0.4) is 0 Å². The predicted octanol–water partition coefficient (Wildman–Crippen LogP) is 4.35. The lowest BCUT2D eigenvalue weighted by Gasteiger charge is -2.04. The van der Waals surface area contributed by atoms with Crippen LogP contribution in [-0.2, 0) is 0 Å². The summed E-state index contributed by atoms with van der Waals surface area (Å²) in [6.45, 7) is 0. The molecule has 2 aromatic carbocycles. The van der Waals surface area contributed by atoms with Crippen molar-refractivity contribution in [2.24, 2.45) is 0 Å². The number of nitrogens with zero attached hydrogens (tertiary/aromatic N) is 3. The SMILES string of the molecule is c1ccc2nc([N]c3ccc4ccccc4n3)ccc2c1. The maximum atomic E-state index is 4.54. The van der Waals surface area contributed by atoms with Crippen LogP contribution < -0.4 is 5.32 Å². The molecule has 0 amide bonds. The van der Waals surface area contributed by atoms with Crippen molar-refractivity contribution in [3.63, 3.8) is 0 Å². The summed E-state index contributed by atoms with van der Waals surface area (Å²) in [5.41, 5.74) is 1.89. The summed E-state index contributed by atoms with van der Waals surface area (Å²) in [4.78, 5) is 9.09. The standard InChI is InChI=1S/C18H12N3/c1-3-7-15-13(5-1)9-11-17(19-15)21-18-12-10-14-6-2-4-8-16(14)20-18/h1-12H. The van der Waals surface area contributed by atoms with Crippen LogP contribution >= 0.6 is 0 Å². The number of fused-ring (bicyclic) bond motifs is 2. The van der Waals surface area contributed by atoms with Crippen LogP contribution in [0.4, 0.5) is 11.6 Å². The first-order chi connectivity index (χ1) is 10.4. The van der Waals surface area contributed by atoms with E-state index in [1.54, 1.807) is 0 Å². The van der Waals surface area contributed by atoms with Gasteiger partial charge in [-0.25, -0.2) is 15.3 Å². The Bertz CT molecular complexity index is 854. The number of rotatable bonds is 2. The molecule has 0 saturated carbocycles. The Kier molecular flexibility index (Phi) is 2.75. The lowest BCUT2D eigenvalue weighted by molar-refractivity contribution is 1.07. The van der Waals surface area contributed by atoms with Gasteiger partial charge in [-0.15, -0.1) is 0 Å². The number of para-hydroxylation sites is 2. The molecule has 2 aromatic heterocycles. The Morgan fingerprint density at radius 1 is 0.524 bits per heavy atom. The summed E-state index contributed by atoms with van der Waals surface area (Å²) in [7, 11) is 0. The first kappa shape index (κ1) is 11.9. The fraction of sp³-hybridized carbons (Fsp3) is 0. The van der Waals surface area contributed by atoms with Crippen molar-refractivity contribution >= 4 is 33.4 Å². The van der Waals surface area contributed by atoms with Crippen molar-refractivity contribution in [2.45, 2.75) is 0 Å². The van der Waals surface area contributed by atoms with Crippen molar-refractivity contribution in [1.82, 2.24) is 15.3 Å². The molecule has 0 aliphatic carbocycles. The maximum absolute atomic E-state index is 4.54. The number of hydrogen-bond acceptors (Lipinski definition) is 2. The minimum Gasteiger partial charge on any atom is -0.229 e. The second kappa shape index (κ2) is 4.87. The third kappa shape index (κ3) is 2.30. The summed E-state index contributed by atoms with van der Waals surface area (Å²) in [5.74, 6) is 1.35. The van der Waals surface area contributed by atoms with E-state index in [4.69, 9.17) is 0 Å². The molecule has 3 nitrogen and oxygen atoms in total. The fourth-order valence-electron chi connectivity index (χ4n) is 2.35. The van der Waals surface area contributed by atoms with Crippen LogP contribution in [0.1, 0.15) is 0 Å². The zero-order valence-electron chi connectivity index (χ0n) is 11.3. The molecular weight excluding hydrogens is 258 g/mol. The molecule has 0 aliphatic heterocycles. The van der Waals surface area contributed by atoms with Gasteiger partial charge in [-0.1, -0.05) is 36.4 Å². The Balaban J connectivity index is 1.71. The Morgan fingerprint density at radius 3 is 1.52 bits per heavy atom. The number of hydrogen-bond donors (Lipinski definition) is 0. The quantitative estimate of drug-likeness (QED) is 0.543. The highest BCUT2D eigenvalue weighted by molar-refractivity contribution is 5.81. The van der Waals surface area contributed by atoms with Gasteiger partial charge in [0.15, 0.2) is 11.6 Å². The number of aromatic nitrogens is 2. The molecule has 4 aromatic rings. The summed E-state index contributed by atoms with van der Waals surface area (Å²) < 4.78 is 0. The second-order valence-electron chi connectivity index (χ2n) is 4.84. The van der Waals surface area contributed by atoms with E-state index in [0.29, 0.717) is 11.6 Å². The third-order valence-corrected chi connectivity index (χ3v) is 3.40. The highest BCUT2D eigenvalue weighted by atomic mass is 15.1. The first-order valence-corrected chi connectivity index (χ1v) is 6.82. The van der Waals surface area contributed by atoms with Crippen LogP contribution in [0.15, 0.2) is 72.8 Å². The van der Waals surface area contributed by atoms with Crippen molar-refractivity contribution < 1.29 is 0 Å². The molecule has 0 fully saturated rings. The van der Waals surface area contributed by atoms with Crippen LogP contribution in [-0.4, -0.2) is 9.97 Å². The highest BCUT2D eigenvalue weighted by Gasteiger charge is 2.03. The Morgan fingerprint density at radius 2 is 1.00 bits per heavy atom. The zero-order valence-corrected chi connectivity index (χ0v) is 11.3. The molecule has 21 heavy (non-hydrogen) atoms. The zero-order chi connectivity index (χ0) is 14.1. The lowest BCUT2D eigenvalue weighted by Crippen LogP contribution is -1.95. The first-order valence-electron chi connectivity index (χ1n) is 6.82. The molecular formula is C18H12N3. The summed E-state index contributed by atoms with van der Waals surface area (Å²) in [6.07, 6.45) is 0. The largest absolute Gasteiger partial charge is 0.229 e. The van der Waals surface area contributed by atoms with Gasteiger partial charge < -0.3 is 0 Å². The lowest BCUT2D eigenvalue weighted by atomic mass is 10.2. The normalized spacial score (nSPS) is 10.9. The third-order valence-electron chi connectivity index (χ3n) is 3.40. The van der Waals surface area contributed by atoms with Crippen molar-refractivity contribution in [1.29, 1.82) is 0 Å². The molecule has 1 radical (unpaired) electrons. The average molecular weight is 270 g/mol. The van der Waals surface area contributed by atoms with Gasteiger partial charge in [-0.2, -0.15) is 0 Å². The minimum atomic E-state index is 0.677. The van der Waals surface area contributed by atoms with E-state index >= 15 is 0 Å². The summed E-state index contributed by atoms with van der Waals surface area (Å²) in [5, 5.41) is 6.75. The maximum Gasteiger partial charge on any atom is 0.155 e. The van der Waals surface area contributed by atoms with Crippen LogP contribution in [0, 0.1) is 0 Å². The van der Waals surface area contributed by atoms with Gasteiger partial charge in [0, 0.05) is 10.8 Å². The molecule has 0 atom stereocenters. The van der Waals surface area contributed by atoms with Gasteiger partial charge in [0.2, 0.25) is 0 Å². The van der Waals surface area contributed by atoms with Gasteiger partial charge in [0.1, 0.15) is 0 Å². The van der Waals surface area contributed by atoms with Crippen molar-refractivity contribution in [2.75, 3.05) is 0 Å². The average Bonchev–Trinajstić information content (AvgIpc) is 2.55. The molecule has 0 spiro atoms. The molecule has 0 saturated heterocycles. The topological polar surface area (TPSA) is 39.9 Å². The predicted molar refractivity (Wildman–Crippen MR) is 84.9 cm³/mol. The second-order valence-corrected chi connectivity index (χ2v) is 4.84. The van der Waals surface area contributed by atoms with Crippen LogP contribution in [0.25, 0.3) is 21.8 Å². The monoisotopic (exact) mass is 270 g/mol. The molecule has 99 valence electrons. The van der Waals surface area contributed by atoms with E-state index in [9.17, 15) is 0 Å². The van der Waals surface area contributed by atoms with Gasteiger partial charge >= 0.3 is 0 Å². The van der Waals surface area contributed by atoms with E-state index in [1.807, 2.05) is 72.8 Å². The van der Waals surface area contributed by atoms with E-state index < -0.39 is 0 Å². The molecule has 0 bridgehead atoms. The van der Waals surface area contributed by atoms with Crippen LogP contribution in [0.5, 0.6) is 0 Å². The minimum absolute atomic E-state index is 0.677. The van der Waals surface area contributed by atoms with Gasteiger partial charge in [0.05, 0.1) is 11.0 Å². The number of benzene rings is 2. The smallest absolute Gasteiger partial charge is 0.155 e. The fourth-order valence-corrected chi connectivity index (χ4v) is 2.35. The number of pyridine rings is 2. The molecule has 3 heteroatoms. The molecule has 2 heterocycles. The van der Waals surface area contributed by atoms with Gasteiger partial charge in [0.25, 0.3) is 0 Å². The molecule has 0 N–H and O–H groups in total. The van der Waals surface area contributed by atoms with E-state index in [2.05, 4.69) is 15.3 Å². The summed E-state index contributed by atoms with van der Waals surface area (Å²) >= 11 is 0. The van der Waals surface area contributed by atoms with Crippen molar-refractivity contribution in [3.8, 4) is 0 Å². The van der Waals surface area contributed by atoms with Gasteiger partial charge in [-0.3, -0.25) is 0 Å². The van der Waals surface area contributed by atoms with Crippen LogP contribution in [0.2, 0.25) is 0 Å². The molecule has 0 aliphatic rings.